The van der Waals surface area contributed by atoms with E-state index in [2.05, 4.69) is 59.2 Å². The zero-order valence-electron chi connectivity index (χ0n) is 16.8. The maximum atomic E-state index is 12.7. The van der Waals surface area contributed by atoms with Gasteiger partial charge in [0.1, 0.15) is 12.5 Å². The number of fused-ring (bicyclic) bond motifs is 1. The Labute approximate surface area is 165 Å². The number of hydrogen-bond acceptors (Lipinski definition) is 6. The summed E-state index contributed by atoms with van der Waals surface area (Å²) in [7, 11) is 1.66. The van der Waals surface area contributed by atoms with Gasteiger partial charge in [-0.2, -0.15) is 0 Å². The van der Waals surface area contributed by atoms with Gasteiger partial charge in [-0.3, -0.25) is 24.8 Å². The number of nitrogens with one attached hydrogen (secondary N) is 4. The smallest absolute Gasteiger partial charge is 0.254 e. The average Bonchev–Trinajstić information content (AvgIpc) is 3.27. The number of carbonyl (C=O) groups excluding carboxylic acids is 2. The van der Waals surface area contributed by atoms with Crippen molar-refractivity contribution in [2.75, 3.05) is 25.1 Å². The molecule has 4 N–H and O–H groups in total. The number of amides is 2. The van der Waals surface area contributed by atoms with E-state index in [0.717, 1.165) is 29.8 Å². The molecule has 28 heavy (non-hydrogen) atoms. The Kier molecular flexibility index (Phi) is 4.86. The van der Waals surface area contributed by atoms with Gasteiger partial charge in [0.05, 0.1) is 17.2 Å². The van der Waals surface area contributed by atoms with Crippen LogP contribution in [0.5, 0.6) is 0 Å². The predicted molar refractivity (Wildman–Crippen MR) is 107 cm³/mol. The topological polar surface area (TPSA) is 88.7 Å². The van der Waals surface area contributed by atoms with Crippen LogP contribution in [0.15, 0.2) is 23.9 Å². The average molecular weight is 384 g/mol. The third-order valence-electron chi connectivity index (χ3n) is 5.78. The molecule has 2 fully saturated rings. The molecule has 3 unspecified atom stereocenters. The van der Waals surface area contributed by atoms with Gasteiger partial charge >= 0.3 is 0 Å². The molecule has 2 amide bonds. The summed E-state index contributed by atoms with van der Waals surface area (Å²) in [6.45, 7) is 7.64. The lowest BCUT2D eigenvalue weighted by Crippen LogP contribution is -2.66. The van der Waals surface area contributed by atoms with Crippen LogP contribution in [-0.2, 0) is 9.59 Å². The molecule has 3 heterocycles. The van der Waals surface area contributed by atoms with Crippen molar-refractivity contribution in [3.8, 4) is 0 Å². The van der Waals surface area contributed by atoms with Gasteiger partial charge in [-0.15, -0.1) is 0 Å². The molecule has 8 heteroatoms. The third-order valence-corrected chi connectivity index (χ3v) is 5.78. The second kappa shape index (κ2) is 7.20. The lowest BCUT2D eigenvalue weighted by molar-refractivity contribution is -0.124. The first-order valence-electron chi connectivity index (χ1n) is 9.75. The summed E-state index contributed by atoms with van der Waals surface area (Å²) in [6.07, 6.45) is 2.10. The molecule has 4 rings (SSSR count). The Hall–Kier alpha value is -2.42. The van der Waals surface area contributed by atoms with Crippen LogP contribution in [0.1, 0.15) is 23.1 Å². The molecule has 0 spiro atoms. The molecule has 3 atom stereocenters. The summed E-state index contributed by atoms with van der Waals surface area (Å²) in [5.74, 6) is -0.0678. The zero-order chi connectivity index (χ0) is 20.0. The largest absolute Gasteiger partial charge is 0.359 e. The highest BCUT2D eigenvalue weighted by molar-refractivity contribution is 5.97. The van der Waals surface area contributed by atoms with Crippen LogP contribution < -0.4 is 26.4 Å². The van der Waals surface area contributed by atoms with Crippen molar-refractivity contribution in [2.24, 2.45) is 5.92 Å². The quantitative estimate of drug-likeness (QED) is 0.596. The fourth-order valence-electron chi connectivity index (χ4n) is 4.50. The van der Waals surface area contributed by atoms with Crippen LogP contribution in [0.25, 0.3) is 0 Å². The summed E-state index contributed by atoms with van der Waals surface area (Å²) in [6, 6.07) is 4.29. The first-order valence-corrected chi connectivity index (χ1v) is 9.75. The molecule has 150 valence electrons. The van der Waals surface area contributed by atoms with Gasteiger partial charge in [0.25, 0.3) is 5.91 Å². The minimum absolute atomic E-state index is 0.0356. The van der Waals surface area contributed by atoms with Gasteiger partial charge in [0.15, 0.2) is 0 Å². The SMILES string of the molecule is CNC(=O)C1CCN(C2NC(=O)C3=CN(c4c(C)cc(C)cc4C)NC3N2)C1. The number of hydrazine groups is 1. The van der Waals surface area contributed by atoms with Crippen molar-refractivity contribution >= 4 is 17.5 Å². The standard InChI is InChI=1S/C20H28N6O2/c1-11-7-12(2)16(13(3)8-11)26-10-15-17(24-26)22-20(23-19(15)28)25-6-5-14(9-25)18(27)21-4/h7-8,10,14,17,20,22,24H,5-6,9H2,1-4H3,(H,21,27)(H,23,28). The normalized spacial score (nSPS) is 27.4. The Balaban J connectivity index is 1.49. The van der Waals surface area contributed by atoms with Gasteiger partial charge in [-0.05, 0) is 38.3 Å². The van der Waals surface area contributed by atoms with E-state index in [1.807, 2.05) is 11.2 Å². The van der Waals surface area contributed by atoms with Crippen molar-refractivity contribution < 1.29 is 9.59 Å². The first-order chi connectivity index (χ1) is 13.4. The van der Waals surface area contributed by atoms with Crippen molar-refractivity contribution in [2.45, 2.75) is 39.6 Å². The minimum Gasteiger partial charge on any atom is -0.359 e. The molecule has 1 aromatic carbocycles. The molecule has 2 saturated heterocycles. The van der Waals surface area contributed by atoms with Crippen molar-refractivity contribution in [1.82, 2.24) is 26.3 Å². The molecular formula is C20H28N6O2. The van der Waals surface area contributed by atoms with Crippen LogP contribution in [0, 0.1) is 26.7 Å². The predicted octanol–water partition coefficient (Wildman–Crippen LogP) is 0.217. The number of likely N-dealkylation sites (tertiary alicyclic amines) is 1. The Morgan fingerprint density at radius 2 is 1.93 bits per heavy atom. The lowest BCUT2D eigenvalue weighted by atomic mass is 10.0. The molecule has 3 aliphatic heterocycles. The molecule has 0 bridgehead atoms. The molecule has 0 radical (unpaired) electrons. The van der Waals surface area contributed by atoms with Gasteiger partial charge < -0.3 is 10.6 Å². The Morgan fingerprint density at radius 3 is 2.61 bits per heavy atom. The lowest BCUT2D eigenvalue weighted by Gasteiger charge is -2.36. The summed E-state index contributed by atoms with van der Waals surface area (Å²) in [5, 5.41) is 11.1. The van der Waals surface area contributed by atoms with E-state index >= 15 is 0 Å². The van der Waals surface area contributed by atoms with E-state index in [4.69, 9.17) is 0 Å². The summed E-state index contributed by atoms with van der Waals surface area (Å²) >= 11 is 0. The molecule has 0 aliphatic carbocycles. The molecular weight excluding hydrogens is 356 g/mol. The van der Waals surface area contributed by atoms with Gasteiger partial charge in [-0.1, -0.05) is 17.7 Å². The molecule has 3 aliphatic rings. The van der Waals surface area contributed by atoms with Crippen LogP contribution >= 0.6 is 0 Å². The number of carbonyl (C=O) groups is 2. The van der Waals surface area contributed by atoms with E-state index in [0.29, 0.717) is 12.1 Å². The summed E-state index contributed by atoms with van der Waals surface area (Å²) < 4.78 is 0. The molecule has 0 aromatic heterocycles. The number of nitrogens with zero attached hydrogens (tertiary/aromatic N) is 2. The van der Waals surface area contributed by atoms with Crippen molar-refractivity contribution in [1.29, 1.82) is 0 Å². The summed E-state index contributed by atoms with van der Waals surface area (Å²) in [5.41, 5.74) is 8.67. The van der Waals surface area contributed by atoms with E-state index < -0.39 is 0 Å². The van der Waals surface area contributed by atoms with Gasteiger partial charge in [0.2, 0.25) is 5.91 Å². The molecule has 8 nitrogen and oxygen atoms in total. The number of rotatable bonds is 3. The third kappa shape index (κ3) is 3.28. The van der Waals surface area contributed by atoms with E-state index in [9.17, 15) is 9.59 Å². The molecule has 1 aromatic rings. The second-order valence-electron chi connectivity index (χ2n) is 7.90. The van der Waals surface area contributed by atoms with Gasteiger partial charge in [0, 0.05) is 26.3 Å². The van der Waals surface area contributed by atoms with E-state index in [-0.39, 0.29) is 30.2 Å². The van der Waals surface area contributed by atoms with Gasteiger partial charge in [-0.25, -0.2) is 5.43 Å². The van der Waals surface area contributed by atoms with Crippen LogP contribution in [0.4, 0.5) is 5.69 Å². The maximum Gasteiger partial charge on any atom is 0.254 e. The zero-order valence-corrected chi connectivity index (χ0v) is 16.8. The fraction of sp³-hybridized carbons (Fsp3) is 0.500. The number of anilines is 1. The van der Waals surface area contributed by atoms with Crippen molar-refractivity contribution in [3.63, 3.8) is 0 Å². The highest BCUT2D eigenvalue weighted by Gasteiger charge is 2.41. The first kappa shape index (κ1) is 18.9. The van der Waals surface area contributed by atoms with Crippen molar-refractivity contribution in [3.05, 3.63) is 40.6 Å². The fourth-order valence-corrected chi connectivity index (χ4v) is 4.50. The van der Waals surface area contributed by atoms with E-state index in [1.54, 1.807) is 7.05 Å². The number of hydrogen-bond donors (Lipinski definition) is 4. The maximum absolute atomic E-state index is 12.7. The van der Waals surface area contributed by atoms with Crippen LogP contribution in [0.3, 0.4) is 0 Å². The van der Waals surface area contributed by atoms with Crippen LogP contribution in [-0.4, -0.2) is 49.3 Å². The van der Waals surface area contributed by atoms with Crippen LogP contribution in [0.2, 0.25) is 0 Å². The summed E-state index contributed by atoms with van der Waals surface area (Å²) in [4.78, 5) is 26.7. The Morgan fingerprint density at radius 1 is 1.21 bits per heavy atom. The van der Waals surface area contributed by atoms with E-state index in [1.165, 1.54) is 5.56 Å². The highest BCUT2D eigenvalue weighted by Crippen LogP contribution is 2.30. The monoisotopic (exact) mass is 384 g/mol. The number of benzene rings is 1. The Bertz CT molecular complexity index is 828. The number of aryl methyl sites for hydroxylation is 3. The minimum atomic E-state index is -0.294. The second-order valence-corrected chi connectivity index (χ2v) is 7.90. The highest BCUT2D eigenvalue weighted by atomic mass is 16.2. The molecule has 0 saturated carbocycles.